The number of anilines is 2. The standard InChI is InChI=1S/C19H16N4OS/c1-11-3-4-14(9-12(11)2)21-19-22-17-16(18(24)23-19)15(5-7-20-17)13-6-8-25-10-13/h3-10H,1-2H3,(H2,20,21,22,23,24). The molecule has 0 atom stereocenters. The number of nitrogens with one attached hydrogen (secondary N) is 2. The molecule has 4 rings (SSSR count). The molecule has 3 heterocycles. The summed E-state index contributed by atoms with van der Waals surface area (Å²) in [5.74, 6) is 0.385. The minimum Gasteiger partial charge on any atom is -0.326 e. The SMILES string of the molecule is Cc1ccc(Nc2nc3nccc(-c4ccsc4)c3c(=O)[nH]2)cc1C. The number of pyridine rings is 1. The zero-order valence-electron chi connectivity index (χ0n) is 13.8. The molecule has 6 heteroatoms. The zero-order valence-corrected chi connectivity index (χ0v) is 14.6. The number of aromatic amines is 1. The van der Waals surface area contributed by atoms with Crippen LogP contribution in [0.5, 0.6) is 0 Å². The fraction of sp³-hybridized carbons (Fsp3) is 0.105. The largest absolute Gasteiger partial charge is 0.326 e. The third-order valence-electron chi connectivity index (χ3n) is 4.21. The summed E-state index contributed by atoms with van der Waals surface area (Å²) in [5, 5.41) is 7.65. The van der Waals surface area contributed by atoms with E-state index in [1.807, 2.05) is 48.0 Å². The van der Waals surface area contributed by atoms with Crippen molar-refractivity contribution < 1.29 is 0 Å². The van der Waals surface area contributed by atoms with Gasteiger partial charge in [-0.3, -0.25) is 9.78 Å². The van der Waals surface area contributed by atoms with Gasteiger partial charge < -0.3 is 5.32 Å². The lowest BCUT2D eigenvalue weighted by Crippen LogP contribution is -2.13. The summed E-state index contributed by atoms with van der Waals surface area (Å²) in [7, 11) is 0. The Morgan fingerprint density at radius 2 is 2.00 bits per heavy atom. The first-order valence-electron chi connectivity index (χ1n) is 7.88. The number of rotatable bonds is 3. The number of thiophene rings is 1. The molecule has 3 aromatic heterocycles. The summed E-state index contributed by atoms with van der Waals surface area (Å²) in [5.41, 5.74) is 5.33. The molecule has 0 aliphatic carbocycles. The zero-order chi connectivity index (χ0) is 17.4. The maximum absolute atomic E-state index is 12.7. The highest BCUT2D eigenvalue weighted by atomic mass is 32.1. The second-order valence-corrected chi connectivity index (χ2v) is 6.69. The van der Waals surface area contributed by atoms with Crippen LogP contribution in [0.1, 0.15) is 11.1 Å². The third kappa shape index (κ3) is 2.92. The Labute approximate surface area is 148 Å². The third-order valence-corrected chi connectivity index (χ3v) is 4.89. The molecule has 0 radical (unpaired) electrons. The van der Waals surface area contributed by atoms with Crippen LogP contribution in [0.15, 0.2) is 52.1 Å². The van der Waals surface area contributed by atoms with E-state index in [4.69, 9.17) is 0 Å². The summed E-state index contributed by atoms with van der Waals surface area (Å²) in [4.78, 5) is 24.2. The van der Waals surface area contributed by atoms with E-state index in [2.05, 4.69) is 27.2 Å². The average molecular weight is 348 g/mol. The molecule has 0 saturated carbocycles. The number of H-pyrrole nitrogens is 1. The van der Waals surface area contributed by atoms with Gasteiger partial charge in [-0.15, -0.1) is 0 Å². The molecular weight excluding hydrogens is 332 g/mol. The van der Waals surface area contributed by atoms with E-state index in [-0.39, 0.29) is 5.56 Å². The minimum absolute atomic E-state index is 0.203. The molecular formula is C19H16N4OS. The number of hydrogen-bond acceptors (Lipinski definition) is 5. The molecule has 0 amide bonds. The Hall–Kier alpha value is -2.99. The predicted octanol–water partition coefficient (Wildman–Crippen LogP) is 4.41. The summed E-state index contributed by atoms with van der Waals surface area (Å²) in [6.07, 6.45) is 1.68. The van der Waals surface area contributed by atoms with Gasteiger partial charge in [-0.05, 0) is 65.6 Å². The summed E-state index contributed by atoms with van der Waals surface area (Å²) >= 11 is 1.59. The van der Waals surface area contributed by atoms with Gasteiger partial charge in [0.25, 0.3) is 5.56 Å². The molecule has 0 fully saturated rings. The summed E-state index contributed by atoms with van der Waals surface area (Å²) < 4.78 is 0. The topological polar surface area (TPSA) is 70.7 Å². The van der Waals surface area contributed by atoms with Crippen molar-refractivity contribution in [2.75, 3.05) is 5.32 Å². The predicted molar refractivity (Wildman–Crippen MR) is 103 cm³/mol. The highest BCUT2D eigenvalue weighted by Crippen LogP contribution is 2.27. The molecule has 0 saturated heterocycles. The van der Waals surface area contributed by atoms with E-state index in [0.29, 0.717) is 17.0 Å². The number of fused-ring (bicyclic) bond motifs is 1. The average Bonchev–Trinajstić information content (AvgIpc) is 3.12. The van der Waals surface area contributed by atoms with Crippen molar-refractivity contribution in [3.05, 3.63) is 68.8 Å². The van der Waals surface area contributed by atoms with Gasteiger partial charge >= 0.3 is 0 Å². The fourth-order valence-electron chi connectivity index (χ4n) is 2.74. The lowest BCUT2D eigenvalue weighted by molar-refractivity contribution is 1.14. The first kappa shape index (κ1) is 15.5. The molecule has 1 aromatic carbocycles. The molecule has 0 aliphatic heterocycles. The lowest BCUT2D eigenvalue weighted by atomic mass is 10.1. The van der Waals surface area contributed by atoms with Crippen molar-refractivity contribution >= 4 is 34.0 Å². The number of hydrogen-bond donors (Lipinski definition) is 2. The highest BCUT2D eigenvalue weighted by Gasteiger charge is 2.12. The smallest absolute Gasteiger partial charge is 0.262 e. The number of nitrogens with zero attached hydrogens (tertiary/aromatic N) is 2. The highest BCUT2D eigenvalue weighted by molar-refractivity contribution is 7.08. The Morgan fingerprint density at radius 3 is 2.76 bits per heavy atom. The Bertz CT molecular complexity index is 1120. The van der Waals surface area contributed by atoms with Crippen LogP contribution < -0.4 is 10.9 Å². The van der Waals surface area contributed by atoms with Gasteiger partial charge in [0.05, 0.1) is 5.39 Å². The van der Waals surface area contributed by atoms with E-state index < -0.39 is 0 Å². The first-order valence-corrected chi connectivity index (χ1v) is 8.82. The second-order valence-electron chi connectivity index (χ2n) is 5.91. The molecule has 4 aromatic rings. The van der Waals surface area contributed by atoms with Crippen molar-refractivity contribution in [2.24, 2.45) is 0 Å². The Morgan fingerprint density at radius 1 is 1.12 bits per heavy atom. The summed E-state index contributed by atoms with van der Waals surface area (Å²) in [6, 6.07) is 9.85. The van der Waals surface area contributed by atoms with Gasteiger partial charge in [-0.1, -0.05) is 6.07 Å². The minimum atomic E-state index is -0.203. The number of aromatic nitrogens is 3. The van der Waals surface area contributed by atoms with E-state index in [1.54, 1.807) is 17.5 Å². The van der Waals surface area contributed by atoms with Crippen molar-refractivity contribution in [3.8, 4) is 11.1 Å². The Balaban J connectivity index is 1.80. The van der Waals surface area contributed by atoms with Crippen LogP contribution in [0.25, 0.3) is 22.2 Å². The molecule has 0 spiro atoms. The Kier molecular flexibility index (Phi) is 3.82. The van der Waals surface area contributed by atoms with E-state index in [0.717, 1.165) is 16.8 Å². The number of benzene rings is 1. The maximum atomic E-state index is 12.7. The molecule has 5 nitrogen and oxygen atoms in total. The van der Waals surface area contributed by atoms with Crippen molar-refractivity contribution in [1.82, 2.24) is 15.0 Å². The van der Waals surface area contributed by atoms with Crippen molar-refractivity contribution in [1.29, 1.82) is 0 Å². The van der Waals surface area contributed by atoms with E-state index in [9.17, 15) is 4.79 Å². The van der Waals surface area contributed by atoms with Crippen molar-refractivity contribution in [3.63, 3.8) is 0 Å². The fourth-order valence-corrected chi connectivity index (χ4v) is 3.39. The summed E-state index contributed by atoms with van der Waals surface area (Å²) in [6.45, 7) is 4.11. The normalized spacial score (nSPS) is 11.0. The van der Waals surface area contributed by atoms with Crippen LogP contribution in [0.4, 0.5) is 11.6 Å². The molecule has 0 aliphatic rings. The molecule has 0 unspecified atom stereocenters. The molecule has 2 N–H and O–H groups in total. The van der Waals surface area contributed by atoms with Gasteiger partial charge in [-0.25, -0.2) is 4.98 Å². The van der Waals surface area contributed by atoms with Crippen LogP contribution in [0.3, 0.4) is 0 Å². The van der Waals surface area contributed by atoms with Gasteiger partial charge in [0.1, 0.15) is 0 Å². The first-order chi connectivity index (χ1) is 12.1. The lowest BCUT2D eigenvalue weighted by Gasteiger charge is -2.09. The monoisotopic (exact) mass is 348 g/mol. The molecule has 0 bridgehead atoms. The van der Waals surface area contributed by atoms with Crippen LogP contribution in [0.2, 0.25) is 0 Å². The van der Waals surface area contributed by atoms with Crippen LogP contribution in [-0.2, 0) is 0 Å². The molecule has 124 valence electrons. The van der Waals surface area contributed by atoms with Crippen LogP contribution in [0, 0.1) is 13.8 Å². The quantitative estimate of drug-likeness (QED) is 0.575. The van der Waals surface area contributed by atoms with Gasteiger partial charge in [0, 0.05) is 17.4 Å². The van der Waals surface area contributed by atoms with Crippen LogP contribution >= 0.6 is 11.3 Å². The van der Waals surface area contributed by atoms with Crippen LogP contribution in [-0.4, -0.2) is 15.0 Å². The second kappa shape index (κ2) is 6.14. The van der Waals surface area contributed by atoms with Gasteiger partial charge in [0.15, 0.2) is 5.65 Å². The molecule has 25 heavy (non-hydrogen) atoms. The van der Waals surface area contributed by atoms with Gasteiger partial charge in [-0.2, -0.15) is 16.3 Å². The van der Waals surface area contributed by atoms with E-state index in [1.165, 1.54) is 11.1 Å². The van der Waals surface area contributed by atoms with E-state index >= 15 is 0 Å². The number of aryl methyl sites for hydroxylation is 2. The van der Waals surface area contributed by atoms with Gasteiger partial charge in [0.2, 0.25) is 5.95 Å². The van der Waals surface area contributed by atoms with Crippen molar-refractivity contribution in [2.45, 2.75) is 13.8 Å². The maximum Gasteiger partial charge on any atom is 0.262 e.